The first kappa shape index (κ1) is 14.2. The van der Waals surface area contributed by atoms with Gasteiger partial charge in [0, 0.05) is 24.3 Å². The predicted molar refractivity (Wildman–Crippen MR) is 66.3 cm³/mol. The van der Waals surface area contributed by atoms with Crippen LogP contribution in [0.1, 0.15) is 5.56 Å². The third kappa shape index (κ3) is 2.44. The molecule has 0 aromatic heterocycles. The lowest BCUT2D eigenvalue weighted by Crippen LogP contribution is -2.30. The van der Waals surface area contributed by atoms with E-state index in [0.717, 1.165) is 10.4 Å². The molecule has 0 bridgehead atoms. The Hall–Kier alpha value is -1.22. The highest BCUT2D eigenvalue weighted by molar-refractivity contribution is 7.89. The number of rotatable bonds is 2. The van der Waals surface area contributed by atoms with E-state index in [4.69, 9.17) is 5.73 Å². The molecular formula is C11H15FN2O4S. The second-order valence-corrected chi connectivity index (χ2v) is 6.51. The molecule has 1 aromatic rings. The molecule has 106 valence electrons. The Balaban J connectivity index is 2.41. The number of nitrogens with two attached hydrogens (primary N) is 1. The highest BCUT2D eigenvalue weighted by atomic mass is 32.2. The molecule has 2 atom stereocenters. The number of anilines is 1. The Kier molecular flexibility index (Phi) is 3.52. The topological polar surface area (TPSA) is 104 Å². The van der Waals surface area contributed by atoms with Gasteiger partial charge in [0.2, 0.25) is 10.0 Å². The van der Waals surface area contributed by atoms with Crippen molar-refractivity contribution in [3.8, 4) is 0 Å². The van der Waals surface area contributed by atoms with Crippen molar-refractivity contribution in [1.82, 2.24) is 4.31 Å². The van der Waals surface area contributed by atoms with Gasteiger partial charge in [0.15, 0.2) is 0 Å². The normalized spacial score (nSPS) is 24.8. The number of aliphatic hydroxyl groups is 2. The molecule has 1 saturated heterocycles. The molecule has 0 radical (unpaired) electrons. The summed E-state index contributed by atoms with van der Waals surface area (Å²) >= 11 is 0. The van der Waals surface area contributed by atoms with Crippen LogP contribution in [0.2, 0.25) is 0 Å². The zero-order valence-corrected chi connectivity index (χ0v) is 11.1. The number of β-amino-alcohol motifs (C(OH)–C–C–N with tert-alkyl or cyclic N) is 2. The quantitative estimate of drug-likeness (QED) is 0.634. The lowest BCUT2D eigenvalue weighted by Gasteiger charge is -2.16. The molecule has 1 aromatic carbocycles. The van der Waals surface area contributed by atoms with Crippen molar-refractivity contribution in [3.63, 3.8) is 0 Å². The molecule has 0 unspecified atom stereocenters. The zero-order chi connectivity index (χ0) is 14.4. The number of sulfonamides is 1. The molecule has 1 heterocycles. The van der Waals surface area contributed by atoms with Gasteiger partial charge in [-0.2, -0.15) is 4.31 Å². The second kappa shape index (κ2) is 4.71. The number of aliphatic hydroxyl groups excluding tert-OH is 2. The van der Waals surface area contributed by atoms with Crippen LogP contribution < -0.4 is 5.73 Å². The molecule has 6 nitrogen and oxygen atoms in total. The average molecular weight is 290 g/mol. The summed E-state index contributed by atoms with van der Waals surface area (Å²) in [5.74, 6) is -0.709. The zero-order valence-electron chi connectivity index (χ0n) is 10.2. The molecule has 1 aliphatic heterocycles. The van der Waals surface area contributed by atoms with Gasteiger partial charge in [-0.25, -0.2) is 12.8 Å². The summed E-state index contributed by atoms with van der Waals surface area (Å²) in [6, 6.07) is 2.06. The average Bonchev–Trinajstić information content (AvgIpc) is 2.66. The molecule has 2 rings (SSSR count). The van der Waals surface area contributed by atoms with E-state index in [2.05, 4.69) is 0 Å². The van der Waals surface area contributed by atoms with Crippen LogP contribution in [0.15, 0.2) is 17.0 Å². The van der Waals surface area contributed by atoms with E-state index in [-0.39, 0.29) is 29.2 Å². The number of nitrogens with zero attached hydrogens (tertiary/aromatic N) is 1. The number of benzene rings is 1. The van der Waals surface area contributed by atoms with Crippen molar-refractivity contribution in [3.05, 3.63) is 23.5 Å². The fraction of sp³-hybridized carbons (Fsp3) is 0.455. The Morgan fingerprint density at radius 3 is 2.32 bits per heavy atom. The number of halogens is 1. The van der Waals surface area contributed by atoms with E-state index < -0.39 is 28.0 Å². The highest BCUT2D eigenvalue weighted by Crippen LogP contribution is 2.26. The molecule has 4 N–H and O–H groups in total. The number of nitrogen functional groups attached to an aromatic ring is 1. The third-order valence-electron chi connectivity index (χ3n) is 3.22. The molecule has 0 amide bonds. The molecular weight excluding hydrogens is 275 g/mol. The van der Waals surface area contributed by atoms with E-state index in [9.17, 15) is 23.0 Å². The molecule has 0 spiro atoms. The van der Waals surface area contributed by atoms with Crippen molar-refractivity contribution in [1.29, 1.82) is 0 Å². The van der Waals surface area contributed by atoms with E-state index in [1.54, 1.807) is 0 Å². The smallest absolute Gasteiger partial charge is 0.243 e. The van der Waals surface area contributed by atoms with Gasteiger partial charge < -0.3 is 15.9 Å². The Bertz CT molecular complexity index is 572. The fourth-order valence-corrected chi connectivity index (χ4v) is 3.43. The van der Waals surface area contributed by atoms with E-state index in [0.29, 0.717) is 0 Å². The maximum absolute atomic E-state index is 13.5. The van der Waals surface area contributed by atoms with Gasteiger partial charge in [-0.3, -0.25) is 0 Å². The van der Waals surface area contributed by atoms with Gasteiger partial charge in [0.1, 0.15) is 5.82 Å². The van der Waals surface area contributed by atoms with E-state index >= 15 is 0 Å². The predicted octanol–water partition coefficient (Wildman–Crippen LogP) is -0.558. The monoisotopic (exact) mass is 290 g/mol. The summed E-state index contributed by atoms with van der Waals surface area (Å²) in [5, 5.41) is 18.8. The number of hydrogen-bond donors (Lipinski definition) is 3. The Labute approximate surface area is 110 Å². The van der Waals surface area contributed by atoms with Gasteiger partial charge in [0.05, 0.1) is 17.1 Å². The molecule has 0 aliphatic carbocycles. The minimum Gasteiger partial charge on any atom is -0.398 e. The van der Waals surface area contributed by atoms with Crippen LogP contribution in [-0.4, -0.2) is 48.2 Å². The van der Waals surface area contributed by atoms with Crippen LogP contribution in [0.4, 0.5) is 10.1 Å². The van der Waals surface area contributed by atoms with Gasteiger partial charge >= 0.3 is 0 Å². The second-order valence-electron chi connectivity index (χ2n) is 4.58. The van der Waals surface area contributed by atoms with Gasteiger partial charge in [0.25, 0.3) is 0 Å². The van der Waals surface area contributed by atoms with Crippen LogP contribution in [0, 0.1) is 12.7 Å². The first-order valence-corrected chi connectivity index (χ1v) is 7.09. The van der Waals surface area contributed by atoms with Crippen LogP contribution in [-0.2, 0) is 10.0 Å². The first-order valence-electron chi connectivity index (χ1n) is 5.65. The van der Waals surface area contributed by atoms with Crippen molar-refractivity contribution < 1.29 is 23.0 Å². The molecule has 1 fully saturated rings. The van der Waals surface area contributed by atoms with Crippen molar-refractivity contribution >= 4 is 15.7 Å². The maximum atomic E-state index is 13.5. The summed E-state index contributed by atoms with van der Waals surface area (Å²) in [5.41, 5.74) is 5.77. The van der Waals surface area contributed by atoms with Gasteiger partial charge in [-0.1, -0.05) is 0 Å². The Morgan fingerprint density at radius 1 is 1.32 bits per heavy atom. The van der Waals surface area contributed by atoms with Crippen LogP contribution in [0.5, 0.6) is 0 Å². The SMILES string of the molecule is Cc1c(N)cc(S(=O)(=O)N2C[C@@H](O)[C@@H](O)C2)cc1F. The minimum absolute atomic E-state index is 0.0406. The lowest BCUT2D eigenvalue weighted by molar-refractivity contribution is 0.0572. The first-order chi connectivity index (χ1) is 8.73. The maximum Gasteiger partial charge on any atom is 0.243 e. The van der Waals surface area contributed by atoms with Crippen molar-refractivity contribution in [2.24, 2.45) is 0 Å². The largest absolute Gasteiger partial charge is 0.398 e. The summed E-state index contributed by atoms with van der Waals surface area (Å²) in [6.07, 6.45) is -2.27. The van der Waals surface area contributed by atoms with Crippen LogP contribution in [0.25, 0.3) is 0 Å². The van der Waals surface area contributed by atoms with Gasteiger partial charge in [-0.15, -0.1) is 0 Å². The van der Waals surface area contributed by atoms with E-state index in [1.165, 1.54) is 13.0 Å². The van der Waals surface area contributed by atoms with Crippen LogP contribution >= 0.6 is 0 Å². The summed E-state index contributed by atoms with van der Waals surface area (Å²) < 4.78 is 38.9. The number of hydrogen-bond acceptors (Lipinski definition) is 5. The molecule has 1 aliphatic rings. The highest BCUT2D eigenvalue weighted by Gasteiger charge is 2.37. The summed E-state index contributed by atoms with van der Waals surface area (Å²) in [7, 11) is -3.97. The van der Waals surface area contributed by atoms with Crippen molar-refractivity contribution in [2.75, 3.05) is 18.8 Å². The third-order valence-corrected chi connectivity index (χ3v) is 5.03. The Morgan fingerprint density at radius 2 is 1.84 bits per heavy atom. The summed E-state index contributed by atoms with van der Waals surface area (Å²) in [6.45, 7) is 1.00. The lowest BCUT2D eigenvalue weighted by atomic mass is 10.2. The summed E-state index contributed by atoms with van der Waals surface area (Å²) in [4.78, 5) is -0.283. The van der Waals surface area contributed by atoms with E-state index in [1.807, 2.05) is 0 Å². The molecule has 0 saturated carbocycles. The van der Waals surface area contributed by atoms with Crippen molar-refractivity contribution in [2.45, 2.75) is 24.0 Å². The fourth-order valence-electron chi connectivity index (χ4n) is 1.90. The van der Waals surface area contributed by atoms with Gasteiger partial charge in [-0.05, 0) is 19.1 Å². The molecule has 19 heavy (non-hydrogen) atoms. The standard InChI is InChI=1S/C11H15FN2O4S/c1-6-8(12)2-7(3-9(6)13)19(17,18)14-4-10(15)11(16)5-14/h2-3,10-11,15-16H,4-5,13H2,1H3/t10-,11+. The molecule has 8 heteroatoms. The minimum atomic E-state index is -3.97. The van der Waals surface area contributed by atoms with Crippen LogP contribution in [0.3, 0.4) is 0 Å².